The van der Waals surface area contributed by atoms with Crippen LogP contribution in [-0.4, -0.2) is 19.4 Å². The molecule has 6 heteroatoms. The number of hydrogen-bond donors (Lipinski definition) is 1. The Hall–Kier alpha value is -0.650. The predicted octanol–water partition coefficient (Wildman–Crippen LogP) is 2.20. The van der Waals surface area contributed by atoms with E-state index in [0.29, 0.717) is 5.92 Å². The summed E-state index contributed by atoms with van der Waals surface area (Å²) in [6.07, 6.45) is 5.59. The van der Waals surface area contributed by atoms with Crippen molar-refractivity contribution in [2.45, 2.75) is 37.1 Å². The average Bonchev–Trinajstić information content (AvgIpc) is 2.63. The molecule has 0 aromatic carbocycles. The second kappa shape index (κ2) is 4.92. The van der Waals surface area contributed by atoms with Crippen molar-refractivity contribution in [3.05, 3.63) is 23.5 Å². The van der Waals surface area contributed by atoms with Gasteiger partial charge in [-0.2, -0.15) is 0 Å². The first kappa shape index (κ1) is 12.8. The summed E-state index contributed by atoms with van der Waals surface area (Å²) in [5, 5.41) is 0.207. The molecule has 1 fully saturated rings. The van der Waals surface area contributed by atoms with E-state index in [9.17, 15) is 8.42 Å². The maximum Gasteiger partial charge on any atom is 0.243 e. The van der Waals surface area contributed by atoms with Crippen molar-refractivity contribution in [2.75, 3.05) is 0 Å². The summed E-state index contributed by atoms with van der Waals surface area (Å²) in [5.41, 5.74) is 0. The molecule has 0 spiro atoms. The lowest BCUT2D eigenvalue weighted by molar-refractivity contribution is 0.538. The van der Waals surface area contributed by atoms with Crippen molar-refractivity contribution in [1.29, 1.82) is 0 Å². The molecule has 0 amide bonds. The Bertz CT molecular complexity index is 504. The quantitative estimate of drug-likeness (QED) is 0.919. The van der Waals surface area contributed by atoms with Gasteiger partial charge in [0.15, 0.2) is 0 Å². The van der Waals surface area contributed by atoms with Crippen LogP contribution in [0.15, 0.2) is 23.4 Å². The number of aromatic nitrogens is 1. The van der Waals surface area contributed by atoms with Crippen molar-refractivity contribution < 1.29 is 8.42 Å². The SMILES string of the molecule is CC1CCC(NS(=O)(=O)c2cnccc2Cl)C1. The lowest BCUT2D eigenvalue weighted by Gasteiger charge is -2.13. The molecule has 2 atom stereocenters. The normalized spacial score (nSPS) is 25.1. The number of hydrogen-bond acceptors (Lipinski definition) is 3. The van der Waals surface area contributed by atoms with Crippen LogP contribution in [0.3, 0.4) is 0 Å². The van der Waals surface area contributed by atoms with Crippen LogP contribution in [0, 0.1) is 5.92 Å². The van der Waals surface area contributed by atoms with Gasteiger partial charge in [-0.15, -0.1) is 0 Å². The summed E-state index contributed by atoms with van der Waals surface area (Å²) >= 11 is 5.86. The number of sulfonamides is 1. The first-order valence-electron chi connectivity index (χ1n) is 5.61. The molecular weight excluding hydrogens is 260 g/mol. The largest absolute Gasteiger partial charge is 0.263 e. The van der Waals surface area contributed by atoms with Crippen molar-refractivity contribution in [2.24, 2.45) is 5.92 Å². The highest BCUT2D eigenvalue weighted by Gasteiger charge is 2.27. The third-order valence-electron chi connectivity index (χ3n) is 3.04. The number of rotatable bonds is 3. The minimum Gasteiger partial charge on any atom is -0.263 e. The lowest BCUT2D eigenvalue weighted by Crippen LogP contribution is -2.33. The van der Waals surface area contributed by atoms with Crippen LogP contribution in [0.1, 0.15) is 26.2 Å². The Morgan fingerprint density at radius 3 is 2.82 bits per heavy atom. The molecule has 94 valence electrons. The second-order valence-electron chi connectivity index (χ2n) is 4.54. The smallest absolute Gasteiger partial charge is 0.243 e. The second-order valence-corrected chi connectivity index (χ2v) is 6.63. The topological polar surface area (TPSA) is 59.1 Å². The summed E-state index contributed by atoms with van der Waals surface area (Å²) in [7, 11) is -3.54. The molecule has 0 bridgehead atoms. The molecule has 1 aromatic heterocycles. The monoisotopic (exact) mass is 274 g/mol. The fraction of sp³-hybridized carbons (Fsp3) is 0.545. The number of halogens is 1. The Morgan fingerprint density at radius 1 is 1.47 bits per heavy atom. The van der Waals surface area contributed by atoms with Gasteiger partial charge < -0.3 is 0 Å². The molecule has 0 saturated heterocycles. The molecular formula is C11H15ClN2O2S. The maximum atomic E-state index is 12.1. The minimum absolute atomic E-state index is 0.0197. The van der Waals surface area contributed by atoms with Crippen molar-refractivity contribution >= 4 is 21.6 Å². The Labute approximate surface area is 106 Å². The standard InChI is InChI=1S/C11H15ClN2O2S/c1-8-2-3-9(6-8)14-17(15,16)11-7-13-5-4-10(11)12/h4-5,7-9,14H,2-3,6H2,1H3. The van der Waals surface area contributed by atoms with Gasteiger partial charge in [0.05, 0.1) is 5.02 Å². The van der Waals surface area contributed by atoms with E-state index >= 15 is 0 Å². The molecule has 0 aliphatic heterocycles. The van der Waals surface area contributed by atoms with Crippen molar-refractivity contribution in [1.82, 2.24) is 9.71 Å². The van der Waals surface area contributed by atoms with Crippen LogP contribution in [-0.2, 0) is 10.0 Å². The highest BCUT2D eigenvalue weighted by atomic mass is 35.5. The predicted molar refractivity (Wildman–Crippen MR) is 66.4 cm³/mol. The fourth-order valence-electron chi connectivity index (χ4n) is 2.16. The van der Waals surface area contributed by atoms with Crippen LogP contribution in [0.5, 0.6) is 0 Å². The number of nitrogens with zero attached hydrogens (tertiary/aromatic N) is 1. The molecule has 4 nitrogen and oxygen atoms in total. The maximum absolute atomic E-state index is 12.1. The van der Waals surface area contributed by atoms with E-state index in [2.05, 4.69) is 16.6 Å². The van der Waals surface area contributed by atoms with E-state index in [4.69, 9.17) is 11.6 Å². The van der Waals surface area contributed by atoms with Gasteiger partial charge in [0, 0.05) is 18.4 Å². The molecule has 2 rings (SSSR count). The Balaban J connectivity index is 2.17. The lowest BCUT2D eigenvalue weighted by atomic mass is 10.1. The molecule has 2 unspecified atom stereocenters. The third-order valence-corrected chi connectivity index (χ3v) is 5.03. The van der Waals surface area contributed by atoms with E-state index in [1.807, 2.05) is 0 Å². The van der Waals surface area contributed by atoms with Crippen molar-refractivity contribution in [3.63, 3.8) is 0 Å². The first-order valence-corrected chi connectivity index (χ1v) is 7.47. The van der Waals surface area contributed by atoms with Crippen LogP contribution in [0.2, 0.25) is 5.02 Å². The number of nitrogens with one attached hydrogen (secondary N) is 1. The molecule has 1 saturated carbocycles. The molecule has 0 radical (unpaired) electrons. The van der Waals surface area contributed by atoms with E-state index in [-0.39, 0.29) is 16.0 Å². The van der Waals surface area contributed by atoms with Crippen LogP contribution in [0.25, 0.3) is 0 Å². The van der Waals surface area contributed by atoms with Gasteiger partial charge in [-0.3, -0.25) is 4.98 Å². The Kier molecular flexibility index (Phi) is 3.70. The van der Waals surface area contributed by atoms with Crippen LogP contribution >= 0.6 is 11.6 Å². The summed E-state index contributed by atoms with van der Waals surface area (Å²) < 4.78 is 26.9. The summed E-state index contributed by atoms with van der Waals surface area (Å²) in [4.78, 5) is 3.85. The van der Waals surface area contributed by atoms with Gasteiger partial charge in [0.1, 0.15) is 4.90 Å². The average molecular weight is 275 g/mol. The zero-order chi connectivity index (χ0) is 12.5. The van der Waals surface area contributed by atoms with Gasteiger partial charge in [0.25, 0.3) is 0 Å². The Morgan fingerprint density at radius 2 is 2.24 bits per heavy atom. The first-order chi connectivity index (χ1) is 7.99. The van der Waals surface area contributed by atoms with Gasteiger partial charge in [-0.05, 0) is 31.2 Å². The molecule has 17 heavy (non-hydrogen) atoms. The van der Waals surface area contributed by atoms with Crippen LogP contribution in [0.4, 0.5) is 0 Å². The molecule has 1 aromatic rings. The summed E-state index contributed by atoms with van der Waals surface area (Å²) in [6, 6.07) is 1.50. The third kappa shape index (κ3) is 2.97. The van der Waals surface area contributed by atoms with Gasteiger partial charge in [-0.1, -0.05) is 18.5 Å². The molecule has 1 aliphatic rings. The number of pyridine rings is 1. The van der Waals surface area contributed by atoms with Gasteiger partial charge >= 0.3 is 0 Å². The van der Waals surface area contributed by atoms with Gasteiger partial charge in [-0.25, -0.2) is 13.1 Å². The van der Waals surface area contributed by atoms with E-state index in [0.717, 1.165) is 19.3 Å². The fourth-order valence-corrected chi connectivity index (χ4v) is 3.87. The van der Waals surface area contributed by atoms with E-state index < -0.39 is 10.0 Å². The van der Waals surface area contributed by atoms with Crippen molar-refractivity contribution in [3.8, 4) is 0 Å². The highest BCUT2D eigenvalue weighted by Crippen LogP contribution is 2.27. The zero-order valence-corrected chi connectivity index (χ0v) is 11.1. The minimum atomic E-state index is -3.54. The zero-order valence-electron chi connectivity index (χ0n) is 9.56. The molecule has 1 aliphatic carbocycles. The molecule has 1 N–H and O–H groups in total. The highest BCUT2D eigenvalue weighted by molar-refractivity contribution is 7.89. The molecule has 1 heterocycles. The van der Waals surface area contributed by atoms with Gasteiger partial charge in [0.2, 0.25) is 10.0 Å². The summed E-state index contributed by atoms with van der Waals surface area (Å²) in [5.74, 6) is 0.576. The van der Waals surface area contributed by atoms with E-state index in [1.165, 1.54) is 18.5 Å². The van der Waals surface area contributed by atoms with E-state index in [1.54, 1.807) is 0 Å². The van der Waals surface area contributed by atoms with Crippen LogP contribution < -0.4 is 4.72 Å². The summed E-state index contributed by atoms with van der Waals surface area (Å²) in [6.45, 7) is 2.13.